The number of para-hydroxylation sites is 2. The van der Waals surface area contributed by atoms with Crippen LogP contribution in [0.25, 0.3) is 111 Å². The van der Waals surface area contributed by atoms with Gasteiger partial charge in [-0.25, -0.2) is 0 Å². The van der Waals surface area contributed by atoms with E-state index < -0.39 is 0 Å². The first-order valence-electron chi connectivity index (χ1n) is 21.3. The van der Waals surface area contributed by atoms with E-state index in [2.05, 4.69) is 206 Å². The first-order chi connectivity index (χ1) is 31.2. The van der Waals surface area contributed by atoms with Gasteiger partial charge in [-0.3, -0.25) is 0 Å². The van der Waals surface area contributed by atoms with Gasteiger partial charge in [-0.15, -0.1) is 0 Å². The van der Waals surface area contributed by atoms with Crippen LogP contribution >= 0.6 is 0 Å². The number of nitriles is 1. The molecule has 1 aromatic heterocycles. The van der Waals surface area contributed by atoms with Crippen LogP contribution in [0.3, 0.4) is 0 Å². The molecule has 0 aliphatic heterocycles. The zero-order chi connectivity index (χ0) is 42.1. The molecule has 0 atom stereocenters. The van der Waals surface area contributed by atoms with Gasteiger partial charge in [0.25, 0.3) is 0 Å². The lowest BCUT2D eigenvalue weighted by Crippen LogP contribution is -1.95. The maximum Gasteiger partial charge on any atom is 0.143 e. The van der Waals surface area contributed by atoms with Crippen LogP contribution in [0.1, 0.15) is 5.56 Å². The van der Waals surface area contributed by atoms with Crippen molar-refractivity contribution in [2.24, 2.45) is 0 Å². The molecule has 2 heteroatoms. The molecule has 0 aliphatic rings. The van der Waals surface area contributed by atoms with E-state index in [4.69, 9.17) is 4.42 Å². The maximum absolute atomic E-state index is 11.4. The second-order valence-electron chi connectivity index (χ2n) is 16.0. The highest BCUT2D eigenvalue weighted by Gasteiger charge is 2.20. The maximum atomic E-state index is 11.4. The third-order valence-corrected chi connectivity index (χ3v) is 12.1. The first kappa shape index (κ1) is 37.5. The second-order valence-corrected chi connectivity index (χ2v) is 16.0. The zero-order valence-corrected chi connectivity index (χ0v) is 34.4. The molecular weight excluding hydrogens is 763 g/mol. The minimum absolute atomic E-state index is 0.621. The number of fused-ring (bicyclic) bond motifs is 3. The Morgan fingerprint density at radius 3 is 1.13 bits per heavy atom. The minimum atomic E-state index is 0.621. The predicted molar refractivity (Wildman–Crippen MR) is 262 cm³/mol. The number of hydrogen-bond acceptors (Lipinski definition) is 2. The molecule has 0 saturated carbocycles. The summed E-state index contributed by atoms with van der Waals surface area (Å²) in [5.74, 6) is 0. The SMILES string of the molecule is N#Cc1c(-c2cc(-c3ccccc3)cc(-c3ccccc3)c2)cc(-c2cccc(-c3cccc4c3oc3ccccc34)c2)cc1-c1cc(-c2ccccc2)cc(-c2ccccc2)c1. The Kier molecular flexibility index (Phi) is 9.62. The van der Waals surface area contributed by atoms with Crippen molar-refractivity contribution >= 4 is 21.9 Å². The molecule has 11 aromatic rings. The highest BCUT2D eigenvalue weighted by atomic mass is 16.3. The van der Waals surface area contributed by atoms with E-state index in [0.717, 1.165) is 111 Å². The Balaban J connectivity index is 1.18. The van der Waals surface area contributed by atoms with E-state index in [0.29, 0.717) is 5.56 Å². The fraction of sp³-hybridized carbons (Fsp3) is 0. The van der Waals surface area contributed by atoms with E-state index >= 15 is 0 Å². The number of hydrogen-bond donors (Lipinski definition) is 0. The standard InChI is InChI=1S/C61H39NO/c62-40-59-57(52-34-47(41-17-5-1-6-18-41)32-48(35-52)42-19-7-2-8-20-42)38-51(45-25-15-26-46(31-45)54-28-16-29-56-55-27-13-14-30-60(55)63-61(54)56)39-58(59)53-36-49(43-21-9-3-10-22-43)33-50(37-53)44-23-11-4-12-24-44/h1-39H. The van der Waals surface area contributed by atoms with Crippen LogP contribution in [0.15, 0.2) is 241 Å². The Morgan fingerprint density at radius 2 is 0.635 bits per heavy atom. The molecule has 0 unspecified atom stereocenters. The molecule has 63 heavy (non-hydrogen) atoms. The number of benzene rings is 10. The summed E-state index contributed by atoms with van der Waals surface area (Å²) in [4.78, 5) is 0. The van der Waals surface area contributed by atoms with Crippen LogP contribution in [0.4, 0.5) is 0 Å². The molecule has 0 spiro atoms. The molecule has 0 aliphatic carbocycles. The topological polar surface area (TPSA) is 36.9 Å². The summed E-state index contributed by atoms with van der Waals surface area (Å²) >= 11 is 0. The van der Waals surface area contributed by atoms with Crippen molar-refractivity contribution in [3.63, 3.8) is 0 Å². The van der Waals surface area contributed by atoms with Gasteiger partial charge < -0.3 is 4.42 Å². The fourth-order valence-electron chi connectivity index (χ4n) is 8.98. The number of nitrogens with zero attached hydrogens (tertiary/aromatic N) is 1. The molecule has 0 N–H and O–H groups in total. The molecule has 0 amide bonds. The lowest BCUT2D eigenvalue weighted by atomic mass is 9.84. The van der Waals surface area contributed by atoms with Crippen molar-refractivity contribution in [2.45, 2.75) is 0 Å². The third kappa shape index (κ3) is 7.19. The molecule has 10 aromatic carbocycles. The molecule has 1 heterocycles. The van der Waals surface area contributed by atoms with E-state index in [1.165, 1.54) is 0 Å². The quantitative estimate of drug-likeness (QED) is 0.153. The lowest BCUT2D eigenvalue weighted by molar-refractivity contribution is 0.670. The van der Waals surface area contributed by atoms with E-state index in [-0.39, 0.29) is 0 Å². The van der Waals surface area contributed by atoms with Crippen molar-refractivity contribution in [1.82, 2.24) is 0 Å². The van der Waals surface area contributed by atoms with Crippen LogP contribution in [0.5, 0.6) is 0 Å². The average molecular weight is 802 g/mol. The van der Waals surface area contributed by atoms with Gasteiger partial charge in [0, 0.05) is 27.5 Å². The number of rotatable bonds is 8. The van der Waals surface area contributed by atoms with Gasteiger partial charge in [-0.05, 0) is 133 Å². The van der Waals surface area contributed by atoms with Crippen LogP contribution < -0.4 is 0 Å². The minimum Gasteiger partial charge on any atom is -0.455 e. The van der Waals surface area contributed by atoms with Crippen LogP contribution in [-0.4, -0.2) is 0 Å². The van der Waals surface area contributed by atoms with Gasteiger partial charge in [0.05, 0.1) is 5.56 Å². The summed E-state index contributed by atoms with van der Waals surface area (Å²) in [5.41, 5.74) is 19.0. The van der Waals surface area contributed by atoms with Gasteiger partial charge in [-0.2, -0.15) is 5.26 Å². The van der Waals surface area contributed by atoms with Gasteiger partial charge in [-0.1, -0.05) is 176 Å². The monoisotopic (exact) mass is 801 g/mol. The van der Waals surface area contributed by atoms with Crippen molar-refractivity contribution < 1.29 is 4.42 Å². The summed E-state index contributed by atoms with van der Waals surface area (Å²) in [5, 5.41) is 13.6. The predicted octanol–water partition coefficient (Wildman–Crippen LogP) is 16.8. The Labute approximate surface area is 367 Å². The Hall–Kier alpha value is -8.51. The van der Waals surface area contributed by atoms with Crippen molar-refractivity contribution in [3.8, 4) is 95.1 Å². The van der Waals surface area contributed by atoms with E-state index in [1.54, 1.807) is 0 Å². The van der Waals surface area contributed by atoms with Crippen LogP contribution in [0, 0.1) is 11.3 Å². The molecule has 2 nitrogen and oxygen atoms in total. The molecule has 0 saturated heterocycles. The third-order valence-electron chi connectivity index (χ3n) is 12.1. The van der Waals surface area contributed by atoms with E-state index in [9.17, 15) is 5.26 Å². The van der Waals surface area contributed by atoms with Gasteiger partial charge in [0.15, 0.2) is 0 Å². The van der Waals surface area contributed by atoms with Crippen LogP contribution in [-0.2, 0) is 0 Å². The summed E-state index contributed by atoms with van der Waals surface area (Å²) in [6.07, 6.45) is 0. The highest BCUT2D eigenvalue weighted by Crippen LogP contribution is 2.43. The molecule has 0 radical (unpaired) electrons. The normalized spacial score (nSPS) is 11.2. The smallest absolute Gasteiger partial charge is 0.143 e. The average Bonchev–Trinajstić information content (AvgIpc) is 3.76. The zero-order valence-electron chi connectivity index (χ0n) is 34.4. The lowest BCUT2D eigenvalue weighted by Gasteiger charge is -2.18. The summed E-state index contributed by atoms with van der Waals surface area (Å²) in [6, 6.07) is 85.9. The fourth-order valence-corrected chi connectivity index (χ4v) is 8.98. The van der Waals surface area contributed by atoms with Gasteiger partial charge in [0.2, 0.25) is 0 Å². The second kappa shape index (κ2) is 16.2. The Morgan fingerprint density at radius 1 is 0.270 bits per heavy atom. The van der Waals surface area contributed by atoms with Gasteiger partial charge >= 0.3 is 0 Å². The largest absolute Gasteiger partial charge is 0.455 e. The summed E-state index contributed by atoms with van der Waals surface area (Å²) in [7, 11) is 0. The molecular formula is C61H39NO. The Bertz CT molecular complexity index is 3230. The highest BCUT2D eigenvalue weighted by molar-refractivity contribution is 6.09. The van der Waals surface area contributed by atoms with Crippen LogP contribution in [0.2, 0.25) is 0 Å². The molecule has 0 bridgehead atoms. The van der Waals surface area contributed by atoms with Gasteiger partial charge in [0.1, 0.15) is 17.2 Å². The summed E-state index contributed by atoms with van der Waals surface area (Å²) < 4.78 is 6.52. The molecule has 0 fully saturated rings. The van der Waals surface area contributed by atoms with E-state index in [1.807, 2.05) is 36.4 Å². The molecule has 294 valence electrons. The first-order valence-corrected chi connectivity index (χ1v) is 21.3. The van der Waals surface area contributed by atoms with Crippen molar-refractivity contribution in [3.05, 3.63) is 242 Å². The number of furan rings is 1. The molecule has 11 rings (SSSR count). The summed E-state index contributed by atoms with van der Waals surface area (Å²) in [6.45, 7) is 0. The van der Waals surface area contributed by atoms with Crippen molar-refractivity contribution in [2.75, 3.05) is 0 Å². The van der Waals surface area contributed by atoms with Crippen molar-refractivity contribution in [1.29, 1.82) is 5.26 Å².